The number of hydrogen-bond acceptors (Lipinski definition) is 2. The van der Waals surface area contributed by atoms with Gasteiger partial charge in [-0.25, -0.2) is 0 Å². The lowest BCUT2D eigenvalue weighted by Gasteiger charge is -2.31. The number of fused-ring (bicyclic) bond motifs is 4. The van der Waals surface area contributed by atoms with Gasteiger partial charge in [-0.1, -0.05) is 146 Å². The van der Waals surface area contributed by atoms with E-state index in [9.17, 15) is 0 Å². The van der Waals surface area contributed by atoms with Crippen LogP contribution in [0.1, 0.15) is 5.56 Å². The van der Waals surface area contributed by atoms with Crippen molar-refractivity contribution in [1.29, 1.82) is 0 Å². The molecule has 0 aliphatic carbocycles. The molecule has 0 radical (unpaired) electrons. The zero-order chi connectivity index (χ0) is 32.7. The highest BCUT2D eigenvalue weighted by Gasteiger charge is 2.24. The molecule has 9 rings (SSSR count). The molecule has 0 amide bonds. The summed E-state index contributed by atoms with van der Waals surface area (Å²) < 4.78 is 2.61. The predicted molar refractivity (Wildman–Crippen MR) is 213 cm³/mol. The minimum absolute atomic E-state index is 1.13. The molecule has 0 N–H and O–H groups in total. The van der Waals surface area contributed by atoms with E-state index < -0.39 is 0 Å². The summed E-state index contributed by atoms with van der Waals surface area (Å²) in [6, 6.07) is 66.3. The number of rotatable bonds is 6. The lowest BCUT2D eigenvalue weighted by molar-refractivity contribution is 1.29. The summed E-state index contributed by atoms with van der Waals surface area (Å²) in [5, 5.41) is 5.10. The Labute approximate surface area is 291 Å². The molecule has 232 valence electrons. The van der Waals surface area contributed by atoms with Gasteiger partial charge in [0, 0.05) is 37.0 Å². The second kappa shape index (κ2) is 12.2. The number of anilines is 3. The van der Waals surface area contributed by atoms with Crippen molar-refractivity contribution in [1.82, 2.24) is 0 Å². The number of hydrogen-bond donors (Lipinski definition) is 0. The van der Waals surface area contributed by atoms with Crippen LogP contribution in [0.5, 0.6) is 0 Å². The summed E-state index contributed by atoms with van der Waals surface area (Å²) in [4.78, 5) is 2.50. The molecule has 0 atom stereocenters. The highest BCUT2D eigenvalue weighted by atomic mass is 32.1. The lowest BCUT2D eigenvalue weighted by Crippen LogP contribution is -2.13. The first-order valence-electron chi connectivity index (χ1n) is 16.8. The van der Waals surface area contributed by atoms with Crippen molar-refractivity contribution < 1.29 is 0 Å². The Morgan fingerprint density at radius 3 is 1.76 bits per heavy atom. The quantitative estimate of drug-likeness (QED) is 0.174. The molecule has 0 aliphatic rings. The maximum absolute atomic E-state index is 2.50. The Bertz CT molecular complexity index is 2600. The van der Waals surface area contributed by atoms with Crippen molar-refractivity contribution in [3.8, 4) is 33.4 Å². The summed E-state index contributed by atoms with van der Waals surface area (Å²) in [7, 11) is 0. The number of benzene rings is 8. The fraction of sp³-hybridized carbons (Fsp3) is 0.0213. The Balaban J connectivity index is 1.40. The SMILES string of the molecule is Cc1cccc2sc3cc(N(c4cc5ccccc5cc4-c4ccccc4)c4cccc(-c5ccccc5)c4-c4ccccc4)ccc3c12. The standard InChI is InChI=1S/C47H33NS/c1-32-15-13-26-44-46(32)40-28-27-38(31-45(40)49-44)48(43-30-37-23-12-11-22-36(37)29-41(43)34-18-7-3-8-19-34)42-25-14-24-39(33-16-5-2-6-17-33)47(42)35-20-9-4-10-21-35/h2-31H,1H3. The molecule has 1 nitrogen and oxygen atoms in total. The maximum atomic E-state index is 2.50. The molecule has 0 spiro atoms. The van der Waals surface area contributed by atoms with E-state index in [1.807, 2.05) is 11.3 Å². The molecule has 1 heterocycles. The van der Waals surface area contributed by atoms with Crippen LogP contribution >= 0.6 is 11.3 Å². The second-order valence-corrected chi connectivity index (χ2v) is 13.7. The average molecular weight is 644 g/mol. The van der Waals surface area contributed by atoms with Crippen LogP contribution in [0.15, 0.2) is 182 Å². The first-order chi connectivity index (χ1) is 24.2. The summed E-state index contributed by atoms with van der Waals surface area (Å²) >= 11 is 1.87. The van der Waals surface area contributed by atoms with Gasteiger partial charge in [-0.15, -0.1) is 11.3 Å². The fourth-order valence-electron chi connectivity index (χ4n) is 7.29. The van der Waals surface area contributed by atoms with Crippen molar-refractivity contribution in [2.45, 2.75) is 6.92 Å². The van der Waals surface area contributed by atoms with E-state index in [1.54, 1.807) is 0 Å². The van der Waals surface area contributed by atoms with Gasteiger partial charge in [0.1, 0.15) is 0 Å². The van der Waals surface area contributed by atoms with E-state index in [2.05, 4.69) is 194 Å². The van der Waals surface area contributed by atoms with Gasteiger partial charge in [0.25, 0.3) is 0 Å². The first-order valence-corrected chi connectivity index (χ1v) is 17.6. The van der Waals surface area contributed by atoms with E-state index >= 15 is 0 Å². The second-order valence-electron chi connectivity index (χ2n) is 12.6. The van der Waals surface area contributed by atoms with Gasteiger partial charge in [0.05, 0.1) is 11.4 Å². The normalized spacial score (nSPS) is 11.4. The van der Waals surface area contributed by atoms with Crippen LogP contribution in [-0.4, -0.2) is 0 Å². The molecule has 49 heavy (non-hydrogen) atoms. The third-order valence-corrected chi connectivity index (χ3v) is 10.7. The molecule has 8 aromatic carbocycles. The highest BCUT2D eigenvalue weighted by Crippen LogP contribution is 2.50. The molecule has 2 heteroatoms. The fourth-order valence-corrected chi connectivity index (χ4v) is 8.51. The van der Waals surface area contributed by atoms with Crippen molar-refractivity contribution in [2.24, 2.45) is 0 Å². The van der Waals surface area contributed by atoms with Gasteiger partial charge in [0.15, 0.2) is 0 Å². The molecular weight excluding hydrogens is 611 g/mol. The van der Waals surface area contributed by atoms with Crippen LogP contribution in [0.25, 0.3) is 64.3 Å². The number of aryl methyl sites for hydroxylation is 1. The molecule has 0 unspecified atom stereocenters. The van der Waals surface area contributed by atoms with Crippen molar-refractivity contribution in [3.63, 3.8) is 0 Å². The van der Waals surface area contributed by atoms with E-state index in [0.717, 1.165) is 17.1 Å². The monoisotopic (exact) mass is 643 g/mol. The van der Waals surface area contributed by atoms with Crippen LogP contribution in [0, 0.1) is 6.92 Å². The van der Waals surface area contributed by atoms with Crippen LogP contribution in [0.2, 0.25) is 0 Å². The van der Waals surface area contributed by atoms with E-state index in [1.165, 1.54) is 69.9 Å². The molecule has 0 fully saturated rings. The Morgan fingerprint density at radius 2 is 1.04 bits per heavy atom. The highest BCUT2D eigenvalue weighted by molar-refractivity contribution is 7.25. The minimum Gasteiger partial charge on any atom is -0.309 e. The zero-order valence-corrected chi connectivity index (χ0v) is 28.0. The molecule has 0 bridgehead atoms. The Morgan fingerprint density at radius 1 is 0.429 bits per heavy atom. The van der Waals surface area contributed by atoms with Crippen LogP contribution in [-0.2, 0) is 0 Å². The third-order valence-electron chi connectivity index (χ3n) is 9.57. The minimum atomic E-state index is 1.13. The van der Waals surface area contributed by atoms with Crippen LogP contribution in [0.3, 0.4) is 0 Å². The van der Waals surface area contributed by atoms with Gasteiger partial charge in [0.2, 0.25) is 0 Å². The summed E-state index contributed by atoms with van der Waals surface area (Å²) in [6.07, 6.45) is 0. The van der Waals surface area contributed by atoms with Gasteiger partial charge >= 0.3 is 0 Å². The van der Waals surface area contributed by atoms with Crippen LogP contribution < -0.4 is 4.90 Å². The third kappa shape index (κ3) is 5.18. The topological polar surface area (TPSA) is 3.24 Å². The zero-order valence-electron chi connectivity index (χ0n) is 27.2. The molecule has 0 aliphatic heterocycles. The molecule has 0 saturated carbocycles. The Kier molecular flexibility index (Phi) is 7.30. The van der Waals surface area contributed by atoms with Gasteiger partial charge in [-0.05, 0) is 81.9 Å². The molecule has 0 saturated heterocycles. The Hall–Kier alpha value is -5.96. The van der Waals surface area contributed by atoms with E-state index in [-0.39, 0.29) is 0 Å². The van der Waals surface area contributed by atoms with E-state index in [0.29, 0.717) is 0 Å². The van der Waals surface area contributed by atoms with Crippen molar-refractivity contribution >= 4 is 59.3 Å². The van der Waals surface area contributed by atoms with E-state index in [4.69, 9.17) is 0 Å². The van der Waals surface area contributed by atoms with Gasteiger partial charge in [-0.2, -0.15) is 0 Å². The molecule has 1 aromatic heterocycles. The van der Waals surface area contributed by atoms with Crippen molar-refractivity contribution in [2.75, 3.05) is 4.90 Å². The lowest BCUT2D eigenvalue weighted by atomic mass is 9.91. The van der Waals surface area contributed by atoms with Crippen molar-refractivity contribution in [3.05, 3.63) is 188 Å². The number of thiophene rings is 1. The largest absolute Gasteiger partial charge is 0.309 e. The smallest absolute Gasteiger partial charge is 0.0546 e. The van der Waals surface area contributed by atoms with Gasteiger partial charge < -0.3 is 4.90 Å². The summed E-state index contributed by atoms with van der Waals surface area (Å²) in [5.74, 6) is 0. The predicted octanol–water partition coefficient (Wildman–Crippen LogP) is 14.0. The molecule has 9 aromatic rings. The maximum Gasteiger partial charge on any atom is 0.0546 e. The summed E-state index contributed by atoms with van der Waals surface area (Å²) in [5.41, 5.74) is 11.9. The van der Waals surface area contributed by atoms with Crippen LogP contribution in [0.4, 0.5) is 17.1 Å². The number of nitrogens with zero attached hydrogens (tertiary/aromatic N) is 1. The van der Waals surface area contributed by atoms with Gasteiger partial charge in [-0.3, -0.25) is 0 Å². The average Bonchev–Trinajstić information content (AvgIpc) is 3.55. The molecular formula is C47H33NS. The summed E-state index contributed by atoms with van der Waals surface area (Å²) in [6.45, 7) is 2.22. The first kappa shape index (κ1) is 29.2.